The SMILES string of the molecule is O=COc1ccc2c(c1)CCc1ccc(Cl)cc1N2CCCCN1C(=O)c2ccccc2C1=O. The third-order valence-electron chi connectivity index (χ3n) is 6.42. The molecule has 0 fully saturated rings. The zero-order valence-electron chi connectivity index (χ0n) is 18.5. The summed E-state index contributed by atoms with van der Waals surface area (Å²) in [6.07, 6.45) is 3.10. The van der Waals surface area contributed by atoms with Gasteiger partial charge in [0, 0.05) is 29.5 Å². The van der Waals surface area contributed by atoms with E-state index in [2.05, 4.69) is 11.0 Å². The van der Waals surface area contributed by atoms with Crippen LogP contribution in [0.5, 0.6) is 5.75 Å². The van der Waals surface area contributed by atoms with Gasteiger partial charge in [0.05, 0.1) is 11.1 Å². The van der Waals surface area contributed by atoms with Gasteiger partial charge in [-0.1, -0.05) is 29.8 Å². The number of ether oxygens (including phenoxy) is 1. The molecule has 34 heavy (non-hydrogen) atoms. The number of hydrogen-bond acceptors (Lipinski definition) is 5. The van der Waals surface area contributed by atoms with Gasteiger partial charge >= 0.3 is 0 Å². The zero-order chi connectivity index (χ0) is 23.7. The van der Waals surface area contributed by atoms with E-state index in [0.29, 0.717) is 47.9 Å². The summed E-state index contributed by atoms with van der Waals surface area (Å²) >= 11 is 6.35. The molecule has 0 spiro atoms. The Morgan fingerprint density at radius 1 is 0.794 bits per heavy atom. The summed E-state index contributed by atoms with van der Waals surface area (Å²) in [5, 5.41) is 0.666. The van der Waals surface area contributed by atoms with Crippen molar-refractivity contribution < 1.29 is 19.1 Å². The van der Waals surface area contributed by atoms with Gasteiger partial charge in [-0.3, -0.25) is 19.3 Å². The van der Waals surface area contributed by atoms with Crippen LogP contribution in [0.1, 0.15) is 44.7 Å². The number of benzene rings is 3. The topological polar surface area (TPSA) is 66.9 Å². The van der Waals surface area contributed by atoms with Gasteiger partial charge in [0.2, 0.25) is 0 Å². The van der Waals surface area contributed by atoms with Crippen LogP contribution in [-0.2, 0) is 17.6 Å². The number of halogens is 1. The molecule has 3 aromatic carbocycles. The van der Waals surface area contributed by atoms with Crippen molar-refractivity contribution in [3.63, 3.8) is 0 Å². The summed E-state index contributed by atoms with van der Waals surface area (Å²) < 4.78 is 5.06. The van der Waals surface area contributed by atoms with Gasteiger partial charge in [-0.25, -0.2) is 0 Å². The van der Waals surface area contributed by atoms with E-state index in [1.165, 1.54) is 10.5 Å². The highest BCUT2D eigenvalue weighted by atomic mass is 35.5. The molecule has 0 radical (unpaired) electrons. The standard InChI is InChI=1S/C27H23ClN2O4/c28-20-10-9-18-7-8-19-15-21(34-17-31)11-12-24(19)29(25(18)16-20)13-3-4-14-30-26(32)22-5-1-2-6-23(22)27(30)33/h1-2,5-6,9-12,15-17H,3-4,7-8,13-14H2. The third-order valence-corrected chi connectivity index (χ3v) is 6.65. The minimum absolute atomic E-state index is 0.222. The van der Waals surface area contributed by atoms with E-state index in [1.54, 1.807) is 30.3 Å². The Morgan fingerprint density at radius 2 is 1.47 bits per heavy atom. The van der Waals surface area contributed by atoms with Crippen LogP contribution in [0.2, 0.25) is 5.02 Å². The van der Waals surface area contributed by atoms with E-state index in [-0.39, 0.29) is 11.8 Å². The zero-order valence-corrected chi connectivity index (χ0v) is 19.3. The van der Waals surface area contributed by atoms with Gasteiger partial charge in [0.1, 0.15) is 5.75 Å². The molecule has 5 rings (SSSR count). The van der Waals surface area contributed by atoms with Gasteiger partial charge in [-0.15, -0.1) is 0 Å². The second-order valence-corrected chi connectivity index (χ2v) is 8.88. The predicted octanol–water partition coefficient (Wildman–Crippen LogP) is 5.19. The number of imide groups is 1. The lowest BCUT2D eigenvalue weighted by Gasteiger charge is -2.27. The van der Waals surface area contributed by atoms with Crippen LogP contribution in [-0.4, -0.2) is 36.3 Å². The summed E-state index contributed by atoms with van der Waals surface area (Å²) in [5.74, 6) is 0.0735. The lowest BCUT2D eigenvalue weighted by molar-refractivity contribution is -0.120. The van der Waals surface area contributed by atoms with Gasteiger partial charge < -0.3 is 9.64 Å². The van der Waals surface area contributed by atoms with Crippen molar-refractivity contribution >= 4 is 41.3 Å². The van der Waals surface area contributed by atoms with E-state index in [9.17, 15) is 14.4 Å². The van der Waals surface area contributed by atoms with Crippen molar-refractivity contribution in [3.8, 4) is 5.75 Å². The lowest BCUT2D eigenvalue weighted by atomic mass is 10.0. The molecule has 0 aromatic heterocycles. The fourth-order valence-corrected chi connectivity index (χ4v) is 4.94. The fraction of sp³-hybridized carbons (Fsp3) is 0.222. The third kappa shape index (κ3) is 4.05. The van der Waals surface area contributed by atoms with E-state index in [4.69, 9.17) is 16.3 Å². The second-order valence-electron chi connectivity index (χ2n) is 8.44. The van der Waals surface area contributed by atoms with Crippen LogP contribution in [0.4, 0.5) is 11.4 Å². The number of nitrogens with zero attached hydrogens (tertiary/aromatic N) is 2. The van der Waals surface area contributed by atoms with Crippen molar-refractivity contribution in [3.05, 3.63) is 87.9 Å². The van der Waals surface area contributed by atoms with Gasteiger partial charge in [-0.05, 0) is 79.3 Å². The first kappa shape index (κ1) is 22.2. The summed E-state index contributed by atoms with van der Waals surface area (Å²) in [7, 11) is 0. The van der Waals surface area contributed by atoms with Gasteiger partial charge in [0.25, 0.3) is 18.3 Å². The maximum absolute atomic E-state index is 12.6. The fourth-order valence-electron chi connectivity index (χ4n) is 4.78. The number of carbonyl (C=O) groups excluding carboxylic acids is 3. The summed E-state index contributed by atoms with van der Waals surface area (Å²) in [4.78, 5) is 39.7. The van der Waals surface area contributed by atoms with Crippen LogP contribution in [0.25, 0.3) is 0 Å². The minimum Gasteiger partial charge on any atom is -0.429 e. The highest BCUT2D eigenvalue weighted by molar-refractivity contribution is 6.31. The Balaban J connectivity index is 1.34. The normalized spacial score (nSPS) is 14.4. The van der Waals surface area contributed by atoms with Crippen LogP contribution < -0.4 is 9.64 Å². The molecule has 0 bridgehead atoms. The highest BCUT2D eigenvalue weighted by Gasteiger charge is 2.34. The van der Waals surface area contributed by atoms with Crippen molar-refractivity contribution in [2.24, 2.45) is 0 Å². The number of unbranched alkanes of at least 4 members (excludes halogenated alkanes) is 1. The first-order valence-corrected chi connectivity index (χ1v) is 11.7. The average Bonchev–Trinajstić information content (AvgIpc) is 2.99. The molecule has 0 saturated heterocycles. The second kappa shape index (κ2) is 9.31. The highest BCUT2D eigenvalue weighted by Crippen LogP contribution is 2.39. The summed E-state index contributed by atoms with van der Waals surface area (Å²) in [5.41, 5.74) is 5.33. The molecular weight excluding hydrogens is 452 g/mol. The summed E-state index contributed by atoms with van der Waals surface area (Å²) in [6.45, 7) is 1.50. The maximum atomic E-state index is 12.6. The molecule has 2 amide bonds. The molecule has 2 aliphatic heterocycles. The largest absolute Gasteiger partial charge is 0.429 e. The monoisotopic (exact) mass is 474 g/mol. The number of carbonyl (C=O) groups is 3. The smallest absolute Gasteiger partial charge is 0.298 e. The van der Waals surface area contributed by atoms with E-state index >= 15 is 0 Å². The van der Waals surface area contributed by atoms with E-state index < -0.39 is 0 Å². The quantitative estimate of drug-likeness (QED) is 0.268. The Morgan fingerprint density at radius 3 is 2.18 bits per heavy atom. The van der Waals surface area contributed by atoms with Gasteiger partial charge in [0.15, 0.2) is 0 Å². The summed E-state index contributed by atoms with van der Waals surface area (Å²) in [6, 6.07) is 18.5. The van der Waals surface area contributed by atoms with E-state index in [1.807, 2.05) is 24.3 Å². The number of aryl methyl sites for hydroxylation is 2. The van der Waals surface area contributed by atoms with Crippen LogP contribution >= 0.6 is 11.6 Å². The molecule has 6 nitrogen and oxygen atoms in total. The van der Waals surface area contributed by atoms with Crippen molar-refractivity contribution in [2.75, 3.05) is 18.0 Å². The first-order chi connectivity index (χ1) is 16.6. The first-order valence-electron chi connectivity index (χ1n) is 11.3. The molecule has 2 heterocycles. The molecule has 0 atom stereocenters. The molecule has 0 saturated carbocycles. The molecule has 3 aromatic rings. The number of amides is 2. The molecule has 2 aliphatic rings. The molecule has 172 valence electrons. The number of fused-ring (bicyclic) bond motifs is 3. The maximum Gasteiger partial charge on any atom is 0.298 e. The van der Waals surface area contributed by atoms with E-state index in [0.717, 1.165) is 36.2 Å². The Kier molecular flexibility index (Phi) is 6.07. The Labute approximate surface area is 202 Å². The lowest BCUT2D eigenvalue weighted by Crippen LogP contribution is -2.31. The average molecular weight is 475 g/mol. The molecule has 0 N–H and O–H groups in total. The number of rotatable bonds is 7. The molecule has 0 aliphatic carbocycles. The number of hydrogen-bond donors (Lipinski definition) is 0. The van der Waals surface area contributed by atoms with Crippen molar-refractivity contribution in [1.82, 2.24) is 4.90 Å². The van der Waals surface area contributed by atoms with Gasteiger partial charge in [-0.2, -0.15) is 0 Å². The van der Waals surface area contributed by atoms with Crippen LogP contribution in [0.15, 0.2) is 60.7 Å². The molecule has 0 unspecified atom stereocenters. The van der Waals surface area contributed by atoms with Crippen LogP contribution in [0.3, 0.4) is 0 Å². The number of anilines is 2. The minimum atomic E-state index is -0.222. The Bertz CT molecular complexity index is 1250. The van der Waals surface area contributed by atoms with Crippen molar-refractivity contribution in [1.29, 1.82) is 0 Å². The molecular formula is C27H23ClN2O4. The predicted molar refractivity (Wildman–Crippen MR) is 130 cm³/mol. The molecule has 7 heteroatoms. The van der Waals surface area contributed by atoms with Crippen molar-refractivity contribution in [2.45, 2.75) is 25.7 Å². The van der Waals surface area contributed by atoms with Crippen LogP contribution in [0, 0.1) is 0 Å². The Hall–Kier alpha value is -3.64.